The van der Waals surface area contributed by atoms with Crippen LogP contribution in [0.3, 0.4) is 0 Å². The number of hydrogen-bond donors (Lipinski definition) is 1. The fraction of sp³-hybridized carbons (Fsp3) is 0.0435. The van der Waals surface area contributed by atoms with Crippen LogP contribution in [-0.2, 0) is 14.9 Å². The van der Waals surface area contributed by atoms with Crippen LogP contribution in [0.25, 0.3) is 6.08 Å². The molecule has 3 rings (SSSR count). The lowest BCUT2D eigenvalue weighted by molar-refractivity contribution is -0.112. The van der Waals surface area contributed by atoms with Gasteiger partial charge in [-0.05, 0) is 77.6 Å². The average Bonchev–Trinajstić information content (AvgIpc) is 2.74. The van der Waals surface area contributed by atoms with Gasteiger partial charge >= 0.3 is 10.1 Å². The maximum absolute atomic E-state index is 12.5. The van der Waals surface area contributed by atoms with Crippen LogP contribution in [0, 0.1) is 21.8 Å². The van der Waals surface area contributed by atoms with Crippen molar-refractivity contribution in [3.05, 3.63) is 93.1 Å². The number of para-hydroxylation sites is 1. The SMILES string of the molecule is Cc1ccc(S(=O)(=O)Oc2cccc(/C=C(/C#N)C(=O)Nc3ccccc3I)c2)cc1. The smallest absolute Gasteiger partial charge is 0.339 e. The van der Waals surface area contributed by atoms with Gasteiger partial charge < -0.3 is 9.50 Å². The third-order valence-corrected chi connectivity index (χ3v) is 6.37. The van der Waals surface area contributed by atoms with Gasteiger partial charge in [0.15, 0.2) is 0 Å². The molecule has 0 spiro atoms. The average molecular weight is 544 g/mol. The molecule has 0 fully saturated rings. The Labute approximate surface area is 194 Å². The van der Waals surface area contributed by atoms with Crippen molar-refractivity contribution in [1.82, 2.24) is 0 Å². The molecular weight excluding hydrogens is 527 g/mol. The second kappa shape index (κ2) is 9.76. The third-order valence-electron chi connectivity index (χ3n) is 4.17. The molecule has 3 aromatic carbocycles. The number of nitrogens with one attached hydrogen (secondary N) is 1. The first-order valence-corrected chi connectivity index (χ1v) is 11.6. The summed E-state index contributed by atoms with van der Waals surface area (Å²) in [5.41, 5.74) is 1.85. The highest BCUT2D eigenvalue weighted by Gasteiger charge is 2.17. The molecule has 0 aromatic heterocycles. The molecule has 31 heavy (non-hydrogen) atoms. The highest BCUT2D eigenvalue weighted by molar-refractivity contribution is 14.1. The zero-order valence-corrected chi connectivity index (χ0v) is 19.3. The Hall–Kier alpha value is -3.16. The number of carbonyl (C=O) groups excluding carboxylic acids is 1. The Bertz CT molecular complexity index is 1290. The van der Waals surface area contributed by atoms with Gasteiger partial charge in [0, 0.05) is 3.57 Å². The molecule has 8 heteroatoms. The van der Waals surface area contributed by atoms with Crippen LogP contribution in [-0.4, -0.2) is 14.3 Å². The van der Waals surface area contributed by atoms with Crippen molar-refractivity contribution in [2.24, 2.45) is 0 Å². The number of carbonyl (C=O) groups is 1. The molecule has 0 heterocycles. The Morgan fingerprint density at radius 3 is 2.45 bits per heavy atom. The van der Waals surface area contributed by atoms with E-state index < -0.39 is 16.0 Å². The van der Waals surface area contributed by atoms with Crippen molar-refractivity contribution in [3.63, 3.8) is 0 Å². The van der Waals surface area contributed by atoms with E-state index in [1.165, 1.54) is 30.3 Å². The van der Waals surface area contributed by atoms with Crippen LogP contribution in [0.4, 0.5) is 5.69 Å². The third kappa shape index (κ3) is 5.93. The van der Waals surface area contributed by atoms with Gasteiger partial charge in [0.05, 0.1) is 5.69 Å². The summed E-state index contributed by atoms with van der Waals surface area (Å²) in [6, 6.07) is 21.5. The van der Waals surface area contributed by atoms with E-state index in [4.69, 9.17) is 4.18 Å². The number of halogens is 1. The van der Waals surface area contributed by atoms with Gasteiger partial charge in [-0.2, -0.15) is 13.7 Å². The summed E-state index contributed by atoms with van der Waals surface area (Å²) >= 11 is 2.09. The minimum absolute atomic E-state index is 0.0357. The van der Waals surface area contributed by atoms with Gasteiger partial charge in [-0.3, -0.25) is 4.79 Å². The number of nitriles is 1. The number of hydrogen-bond acceptors (Lipinski definition) is 5. The van der Waals surface area contributed by atoms with E-state index in [-0.39, 0.29) is 16.2 Å². The molecule has 0 aliphatic carbocycles. The number of nitrogens with zero attached hydrogens (tertiary/aromatic N) is 1. The number of amides is 1. The van der Waals surface area contributed by atoms with Gasteiger partial charge in [-0.25, -0.2) is 0 Å². The molecule has 1 amide bonds. The van der Waals surface area contributed by atoms with E-state index in [0.717, 1.165) is 9.13 Å². The van der Waals surface area contributed by atoms with Crippen LogP contribution in [0.5, 0.6) is 5.75 Å². The molecule has 0 unspecified atom stereocenters. The monoisotopic (exact) mass is 544 g/mol. The summed E-state index contributed by atoms with van der Waals surface area (Å²) in [5.74, 6) is -0.491. The van der Waals surface area contributed by atoms with Crippen LogP contribution in [0.1, 0.15) is 11.1 Å². The first kappa shape index (κ1) is 22.5. The van der Waals surface area contributed by atoms with Crippen molar-refractivity contribution < 1.29 is 17.4 Å². The van der Waals surface area contributed by atoms with E-state index in [9.17, 15) is 18.5 Å². The summed E-state index contributed by atoms with van der Waals surface area (Å²) in [5, 5.41) is 12.1. The molecule has 3 aromatic rings. The predicted molar refractivity (Wildman–Crippen MR) is 127 cm³/mol. The molecule has 0 saturated carbocycles. The maximum atomic E-state index is 12.5. The van der Waals surface area contributed by atoms with E-state index in [2.05, 4.69) is 27.9 Å². The molecule has 0 radical (unpaired) electrons. The lowest BCUT2D eigenvalue weighted by Gasteiger charge is -2.08. The van der Waals surface area contributed by atoms with Gasteiger partial charge in [0.2, 0.25) is 0 Å². The lowest BCUT2D eigenvalue weighted by Crippen LogP contribution is -2.14. The van der Waals surface area contributed by atoms with Gasteiger partial charge in [0.25, 0.3) is 5.91 Å². The summed E-state index contributed by atoms with van der Waals surface area (Å²) in [6.45, 7) is 1.86. The fourth-order valence-corrected chi connectivity index (χ4v) is 4.05. The zero-order valence-electron chi connectivity index (χ0n) is 16.4. The molecule has 1 N–H and O–H groups in total. The summed E-state index contributed by atoms with van der Waals surface area (Å²) in [7, 11) is -4.01. The number of benzene rings is 3. The summed E-state index contributed by atoms with van der Waals surface area (Å²) < 4.78 is 31.0. The standard InChI is InChI=1S/C23H17IN2O4S/c1-16-9-11-20(12-10-16)31(28,29)30-19-6-4-5-17(14-19)13-18(15-25)23(27)26-22-8-3-2-7-21(22)24/h2-14H,1H3,(H,26,27)/b18-13-. The molecule has 156 valence electrons. The molecule has 0 bridgehead atoms. The van der Waals surface area contributed by atoms with Crippen molar-refractivity contribution in [2.75, 3.05) is 5.32 Å². The number of rotatable bonds is 6. The molecule has 0 saturated heterocycles. The highest BCUT2D eigenvalue weighted by Crippen LogP contribution is 2.22. The topological polar surface area (TPSA) is 96.3 Å². The van der Waals surface area contributed by atoms with Gasteiger partial charge in [-0.1, -0.05) is 42.0 Å². The molecular formula is C23H17IN2O4S. The first-order chi connectivity index (χ1) is 14.8. The highest BCUT2D eigenvalue weighted by atomic mass is 127. The summed E-state index contributed by atoms with van der Waals surface area (Å²) in [4.78, 5) is 12.5. The van der Waals surface area contributed by atoms with Gasteiger partial charge in [0.1, 0.15) is 22.3 Å². The van der Waals surface area contributed by atoms with Crippen molar-refractivity contribution in [3.8, 4) is 11.8 Å². The molecule has 0 atom stereocenters. The van der Waals surface area contributed by atoms with Crippen molar-refractivity contribution >= 4 is 50.4 Å². The molecule has 0 aliphatic rings. The van der Waals surface area contributed by atoms with Crippen LogP contribution in [0.2, 0.25) is 0 Å². The van der Waals surface area contributed by atoms with Crippen molar-refractivity contribution in [1.29, 1.82) is 5.26 Å². The zero-order chi connectivity index (χ0) is 22.4. The first-order valence-electron chi connectivity index (χ1n) is 9.07. The van der Waals surface area contributed by atoms with Gasteiger partial charge in [-0.15, -0.1) is 0 Å². The second-order valence-electron chi connectivity index (χ2n) is 6.53. The van der Waals surface area contributed by atoms with Crippen LogP contribution < -0.4 is 9.50 Å². The normalized spacial score (nSPS) is 11.5. The van der Waals surface area contributed by atoms with Crippen molar-refractivity contribution in [2.45, 2.75) is 11.8 Å². The Morgan fingerprint density at radius 2 is 1.77 bits per heavy atom. The van der Waals surface area contributed by atoms with E-state index >= 15 is 0 Å². The van der Waals surface area contributed by atoms with E-state index in [1.807, 2.05) is 25.1 Å². The quantitative estimate of drug-likeness (QED) is 0.206. The Morgan fingerprint density at radius 1 is 1.06 bits per heavy atom. The van der Waals surface area contributed by atoms with Crippen LogP contribution >= 0.6 is 22.6 Å². The number of aryl methyl sites for hydroxylation is 1. The van der Waals surface area contributed by atoms with Crippen LogP contribution in [0.15, 0.2) is 83.3 Å². The van der Waals surface area contributed by atoms with E-state index in [0.29, 0.717) is 11.3 Å². The lowest BCUT2D eigenvalue weighted by atomic mass is 10.1. The summed E-state index contributed by atoms with van der Waals surface area (Å²) in [6.07, 6.45) is 1.37. The molecule has 6 nitrogen and oxygen atoms in total. The maximum Gasteiger partial charge on any atom is 0.339 e. The predicted octanol–water partition coefficient (Wildman–Crippen LogP) is 4.91. The molecule has 0 aliphatic heterocycles. The minimum atomic E-state index is -4.01. The largest absolute Gasteiger partial charge is 0.379 e. The second-order valence-corrected chi connectivity index (χ2v) is 9.24. The Kier molecular flexibility index (Phi) is 7.09. The number of anilines is 1. The Balaban J connectivity index is 1.82. The minimum Gasteiger partial charge on any atom is -0.379 e. The fourth-order valence-electron chi connectivity index (χ4n) is 2.60. The van der Waals surface area contributed by atoms with E-state index in [1.54, 1.807) is 36.4 Å².